The molecule has 1 aromatic rings. The molecule has 2 amide bonds. The molecule has 11 heteroatoms. The standard InChI is InChI=1S/C19H23F3N2O6/c1-3-29-15(26)10-13(18(28)30-4-2)16(17(23)27)24-14(25)9-11-6-5-7-12(8-11)19(20,21)22/h5-8,13,16H,3-4,9-10H2,1-2H3,(H2,23,27)(H,24,25)/t13-,16+/m1/s1. The molecule has 8 nitrogen and oxygen atoms in total. The smallest absolute Gasteiger partial charge is 0.416 e. The Labute approximate surface area is 170 Å². The zero-order valence-corrected chi connectivity index (χ0v) is 16.5. The van der Waals surface area contributed by atoms with Crippen molar-refractivity contribution in [2.75, 3.05) is 13.2 Å². The van der Waals surface area contributed by atoms with Crippen LogP contribution in [0.25, 0.3) is 0 Å². The number of ether oxygens (including phenoxy) is 2. The Bertz CT molecular complexity index is 782. The van der Waals surface area contributed by atoms with Crippen LogP contribution in [0, 0.1) is 5.92 Å². The number of hydrogen-bond acceptors (Lipinski definition) is 6. The first-order chi connectivity index (χ1) is 14.0. The van der Waals surface area contributed by atoms with Gasteiger partial charge in [-0.05, 0) is 25.5 Å². The Balaban J connectivity index is 3.01. The fourth-order valence-electron chi connectivity index (χ4n) is 2.62. The number of rotatable bonds is 10. The summed E-state index contributed by atoms with van der Waals surface area (Å²) in [6.45, 7) is 3.02. The van der Waals surface area contributed by atoms with E-state index in [4.69, 9.17) is 15.2 Å². The van der Waals surface area contributed by atoms with Crippen LogP contribution in [0.4, 0.5) is 13.2 Å². The van der Waals surface area contributed by atoms with E-state index in [-0.39, 0.29) is 18.8 Å². The molecule has 0 aromatic heterocycles. The largest absolute Gasteiger partial charge is 0.466 e. The van der Waals surface area contributed by atoms with E-state index >= 15 is 0 Å². The highest BCUT2D eigenvalue weighted by Gasteiger charge is 2.37. The molecule has 0 saturated carbocycles. The van der Waals surface area contributed by atoms with Crippen molar-refractivity contribution in [2.45, 2.75) is 38.9 Å². The van der Waals surface area contributed by atoms with Gasteiger partial charge in [0.2, 0.25) is 11.8 Å². The van der Waals surface area contributed by atoms with Crippen LogP contribution < -0.4 is 11.1 Å². The summed E-state index contributed by atoms with van der Waals surface area (Å²) < 4.78 is 48.0. The predicted molar refractivity (Wildman–Crippen MR) is 97.6 cm³/mol. The van der Waals surface area contributed by atoms with Crippen molar-refractivity contribution in [1.29, 1.82) is 0 Å². The number of halogens is 3. The average molecular weight is 432 g/mol. The van der Waals surface area contributed by atoms with Gasteiger partial charge in [-0.1, -0.05) is 18.2 Å². The molecule has 3 N–H and O–H groups in total. The second-order valence-electron chi connectivity index (χ2n) is 6.19. The number of hydrogen-bond donors (Lipinski definition) is 2. The number of amides is 2. The summed E-state index contributed by atoms with van der Waals surface area (Å²) in [6.07, 6.45) is -5.68. The molecule has 0 aliphatic rings. The molecule has 0 radical (unpaired) electrons. The summed E-state index contributed by atoms with van der Waals surface area (Å²) in [7, 11) is 0. The minimum atomic E-state index is -4.59. The minimum Gasteiger partial charge on any atom is -0.466 e. The third-order valence-corrected chi connectivity index (χ3v) is 3.93. The monoisotopic (exact) mass is 432 g/mol. The van der Waals surface area contributed by atoms with E-state index in [2.05, 4.69) is 5.32 Å². The Kier molecular flexibility index (Phi) is 9.28. The average Bonchev–Trinajstić information content (AvgIpc) is 2.64. The van der Waals surface area contributed by atoms with E-state index in [1.807, 2.05) is 0 Å². The zero-order chi connectivity index (χ0) is 22.9. The number of esters is 2. The third-order valence-electron chi connectivity index (χ3n) is 3.93. The van der Waals surface area contributed by atoms with Crippen LogP contribution in [0.5, 0.6) is 0 Å². The number of carbonyl (C=O) groups is 4. The molecule has 1 rings (SSSR count). The van der Waals surface area contributed by atoms with Crippen molar-refractivity contribution >= 4 is 23.8 Å². The Hall–Kier alpha value is -3.11. The fourth-order valence-corrected chi connectivity index (χ4v) is 2.62. The number of benzene rings is 1. The van der Waals surface area contributed by atoms with Gasteiger partial charge in [0.05, 0.1) is 37.5 Å². The SMILES string of the molecule is CCOC(=O)C[C@@H](C(=O)OCC)[C@H](NC(=O)Cc1cccc(C(F)(F)F)c1)C(N)=O. The second kappa shape index (κ2) is 11.2. The highest BCUT2D eigenvalue weighted by molar-refractivity contribution is 5.93. The summed E-state index contributed by atoms with van der Waals surface area (Å²) in [5.74, 6) is -5.19. The lowest BCUT2D eigenvalue weighted by atomic mass is 9.95. The lowest BCUT2D eigenvalue weighted by Gasteiger charge is -2.23. The van der Waals surface area contributed by atoms with E-state index in [9.17, 15) is 32.3 Å². The van der Waals surface area contributed by atoms with Crippen molar-refractivity contribution in [3.8, 4) is 0 Å². The zero-order valence-electron chi connectivity index (χ0n) is 16.5. The maximum atomic E-state index is 12.8. The number of nitrogens with one attached hydrogen (secondary N) is 1. The minimum absolute atomic E-state index is 0.0253. The highest BCUT2D eigenvalue weighted by Crippen LogP contribution is 2.29. The summed E-state index contributed by atoms with van der Waals surface area (Å²) >= 11 is 0. The first kappa shape index (κ1) is 24.9. The molecule has 0 aliphatic heterocycles. The molecule has 1 aromatic carbocycles. The first-order valence-corrected chi connectivity index (χ1v) is 9.06. The molecule has 0 spiro atoms. The Morgan fingerprint density at radius 1 is 1.10 bits per heavy atom. The topological polar surface area (TPSA) is 125 Å². The molecule has 0 heterocycles. The molecular weight excluding hydrogens is 409 g/mol. The van der Waals surface area contributed by atoms with Gasteiger partial charge in [0.15, 0.2) is 0 Å². The lowest BCUT2D eigenvalue weighted by molar-refractivity contribution is -0.157. The van der Waals surface area contributed by atoms with Crippen LogP contribution in [0.3, 0.4) is 0 Å². The molecule has 0 bridgehead atoms. The number of nitrogens with two attached hydrogens (primary N) is 1. The highest BCUT2D eigenvalue weighted by atomic mass is 19.4. The van der Waals surface area contributed by atoms with Crippen LogP contribution in [0.2, 0.25) is 0 Å². The van der Waals surface area contributed by atoms with Gasteiger partial charge in [-0.15, -0.1) is 0 Å². The van der Waals surface area contributed by atoms with Gasteiger partial charge >= 0.3 is 18.1 Å². The summed E-state index contributed by atoms with van der Waals surface area (Å²) in [4.78, 5) is 48.2. The fraction of sp³-hybridized carbons (Fsp3) is 0.474. The molecule has 0 aliphatic carbocycles. The van der Waals surface area contributed by atoms with E-state index in [1.54, 1.807) is 6.92 Å². The maximum Gasteiger partial charge on any atom is 0.416 e. The van der Waals surface area contributed by atoms with Gasteiger partial charge in [0.1, 0.15) is 6.04 Å². The van der Waals surface area contributed by atoms with Gasteiger partial charge in [-0.2, -0.15) is 13.2 Å². The van der Waals surface area contributed by atoms with Crippen molar-refractivity contribution in [3.05, 3.63) is 35.4 Å². The van der Waals surface area contributed by atoms with Gasteiger partial charge in [0, 0.05) is 0 Å². The van der Waals surface area contributed by atoms with E-state index < -0.39 is 60.3 Å². The van der Waals surface area contributed by atoms with Crippen molar-refractivity contribution in [3.63, 3.8) is 0 Å². The summed E-state index contributed by atoms with van der Waals surface area (Å²) in [5.41, 5.74) is 4.37. The Morgan fingerprint density at radius 3 is 2.27 bits per heavy atom. The number of primary amides is 1. The number of alkyl halides is 3. The van der Waals surface area contributed by atoms with E-state index in [1.165, 1.54) is 13.0 Å². The molecule has 0 unspecified atom stereocenters. The van der Waals surface area contributed by atoms with Crippen LogP contribution in [0.15, 0.2) is 24.3 Å². The lowest BCUT2D eigenvalue weighted by Crippen LogP contribution is -2.52. The molecule has 2 atom stereocenters. The van der Waals surface area contributed by atoms with Crippen LogP contribution in [0.1, 0.15) is 31.4 Å². The van der Waals surface area contributed by atoms with Gasteiger partial charge < -0.3 is 20.5 Å². The van der Waals surface area contributed by atoms with Gasteiger partial charge in [-0.3, -0.25) is 19.2 Å². The first-order valence-electron chi connectivity index (χ1n) is 9.06. The van der Waals surface area contributed by atoms with Crippen molar-refractivity contribution < 1.29 is 41.8 Å². The number of carbonyl (C=O) groups excluding carboxylic acids is 4. The van der Waals surface area contributed by atoms with Crippen molar-refractivity contribution in [1.82, 2.24) is 5.32 Å². The molecule has 0 saturated heterocycles. The molecule has 30 heavy (non-hydrogen) atoms. The van der Waals surface area contributed by atoms with Crippen molar-refractivity contribution in [2.24, 2.45) is 11.7 Å². The van der Waals surface area contributed by atoms with Crippen LogP contribution in [-0.4, -0.2) is 43.0 Å². The molecule has 0 fully saturated rings. The van der Waals surface area contributed by atoms with Gasteiger partial charge in [-0.25, -0.2) is 0 Å². The predicted octanol–water partition coefficient (Wildman–Crippen LogP) is 1.35. The normalized spacial score (nSPS) is 13.1. The van der Waals surface area contributed by atoms with Gasteiger partial charge in [0.25, 0.3) is 0 Å². The van der Waals surface area contributed by atoms with Crippen LogP contribution in [-0.2, 0) is 41.2 Å². The van der Waals surface area contributed by atoms with E-state index in [0.29, 0.717) is 0 Å². The maximum absolute atomic E-state index is 12.8. The Morgan fingerprint density at radius 2 is 1.73 bits per heavy atom. The van der Waals surface area contributed by atoms with Crippen LogP contribution >= 0.6 is 0 Å². The quantitative estimate of drug-likeness (QED) is 0.538. The van der Waals surface area contributed by atoms with E-state index in [0.717, 1.165) is 18.2 Å². The summed E-state index contributed by atoms with van der Waals surface area (Å²) in [6, 6.07) is 2.46. The summed E-state index contributed by atoms with van der Waals surface area (Å²) in [5, 5.41) is 2.21. The molecule has 166 valence electrons. The molecular formula is C19H23F3N2O6. The third kappa shape index (κ3) is 7.72. The second-order valence-corrected chi connectivity index (χ2v) is 6.19.